The first-order chi connectivity index (χ1) is 11.2. The van der Waals surface area contributed by atoms with Gasteiger partial charge in [0.2, 0.25) is 0 Å². The summed E-state index contributed by atoms with van der Waals surface area (Å²) in [4.78, 5) is 12.2. The van der Waals surface area contributed by atoms with Gasteiger partial charge in [0.25, 0.3) is 5.91 Å². The normalized spacial score (nSPS) is 15.4. The highest BCUT2D eigenvalue weighted by atomic mass is 16.5. The number of nitrogens with zero attached hydrogens (tertiary/aromatic N) is 1. The second-order valence-corrected chi connectivity index (χ2v) is 6.21. The number of aromatic nitrogens is 1. The summed E-state index contributed by atoms with van der Waals surface area (Å²) in [7, 11) is 0. The van der Waals surface area contributed by atoms with E-state index < -0.39 is 0 Å². The first-order valence-electron chi connectivity index (χ1n) is 8.31. The number of rotatable bonds is 7. The van der Waals surface area contributed by atoms with Gasteiger partial charge in [-0.2, -0.15) is 0 Å². The summed E-state index contributed by atoms with van der Waals surface area (Å²) in [6, 6.07) is 9.48. The molecule has 1 unspecified atom stereocenters. The summed E-state index contributed by atoms with van der Waals surface area (Å²) in [5.74, 6) is 1.02. The van der Waals surface area contributed by atoms with Gasteiger partial charge in [-0.15, -0.1) is 0 Å². The van der Waals surface area contributed by atoms with Crippen LogP contribution in [0.25, 0.3) is 0 Å². The Morgan fingerprint density at radius 1 is 1.39 bits per heavy atom. The fourth-order valence-electron chi connectivity index (χ4n) is 2.56. The van der Waals surface area contributed by atoms with E-state index in [1.54, 1.807) is 6.07 Å². The molecule has 3 N–H and O–H groups in total. The van der Waals surface area contributed by atoms with Gasteiger partial charge >= 0.3 is 0 Å². The van der Waals surface area contributed by atoms with E-state index in [0.29, 0.717) is 11.6 Å². The molecule has 0 bridgehead atoms. The zero-order chi connectivity index (χ0) is 16.2. The molecule has 1 fully saturated rings. The third kappa shape index (κ3) is 3.99. The number of amides is 1. The second kappa shape index (κ2) is 6.96. The van der Waals surface area contributed by atoms with Gasteiger partial charge in [0.15, 0.2) is 5.69 Å². The minimum atomic E-state index is -0.247. The lowest BCUT2D eigenvalue weighted by Crippen LogP contribution is -2.13. The van der Waals surface area contributed by atoms with Crippen molar-refractivity contribution in [3.8, 4) is 0 Å². The lowest BCUT2D eigenvalue weighted by atomic mass is 10.0. The number of hydrogen-bond acceptors (Lipinski definition) is 4. The van der Waals surface area contributed by atoms with Crippen LogP contribution in [0.2, 0.25) is 0 Å². The molecule has 1 aliphatic carbocycles. The predicted molar refractivity (Wildman–Crippen MR) is 89.3 cm³/mol. The topological polar surface area (TPSA) is 81.1 Å². The molecule has 2 aromatic rings. The van der Waals surface area contributed by atoms with Crippen LogP contribution >= 0.6 is 0 Å². The van der Waals surface area contributed by atoms with Gasteiger partial charge in [-0.25, -0.2) is 0 Å². The van der Waals surface area contributed by atoms with E-state index in [2.05, 4.69) is 17.4 Å². The molecule has 1 atom stereocenters. The molecule has 0 spiro atoms. The molecular weight excluding hydrogens is 290 g/mol. The van der Waals surface area contributed by atoms with Crippen molar-refractivity contribution in [1.29, 1.82) is 0 Å². The van der Waals surface area contributed by atoms with Crippen molar-refractivity contribution in [2.75, 3.05) is 5.32 Å². The Labute approximate surface area is 136 Å². The Balaban J connectivity index is 1.59. The first kappa shape index (κ1) is 15.7. The number of benzene rings is 1. The molecule has 122 valence electrons. The lowest BCUT2D eigenvalue weighted by Gasteiger charge is -2.12. The SMILES string of the molecule is CCCCC(N)c1ccc(NC(=O)c2cc(C3CC3)on2)cc1. The standard InChI is InChI=1S/C18H23N3O2/c1-2-3-4-15(19)12-7-9-14(10-8-12)20-18(22)16-11-17(23-21-16)13-5-6-13/h7-11,13,15H,2-6,19H2,1H3,(H,20,22). The summed E-state index contributed by atoms with van der Waals surface area (Å²) < 4.78 is 5.21. The van der Waals surface area contributed by atoms with E-state index in [9.17, 15) is 4.79 Å². The molecule has 0 radical (unpaired) electrons. The van der Waals surface area contributed by atoms with E-state index in [0.717, 1.165) is 49.1 Å². The molecule has 1 aromatic heterocycles. The van der Waals surface area contributed by atoms with Crippen molar-refractivity contribution in [2.24, 2.45) is 5.73 Å². The largest absolute Gasteiger partial charge is 0.360 e. The Bertz CT molecular complexity index is 659. The predicted octanol–water partition coefficient (Wildman–Crippen LogP) is 3.99. The smallest absolute Gasteiger partial charge is 0.277 e. The molecule has 0 aliphatic heterocycles. The molecule has 1 heterocycles. The average Bonchev–Trinajstić information content (AvgIpc) is 3.30. The van der Waals surface area contributed by atoms with E-state index in [1.807, 2.05) is 24.3 Å². The van der Waals surface area contributed by atoms with Crippen LogP contribution < -0.4 is 11.1 Å². The Morgan fingerprint density at radius 3 is 2.78 bits per heavy atom. The van der Waals surface area contributed by atoms with Gasteiger partial charge < -0.3 is 15.6 Å². The zero-order valence-electron chi connectivity index (χ0n) is 13.4. The number of nitrogens with one attached hydrogen (secondary N) is 1. The van der Waals surface area contributed by atoms with Gasteiger partial charge in [0.05, 0.1) is 0 Å². The van der Waals surface area contributed by atoms with Crippen LogP contribution in [0, 0.1) is 0 Å². The van der Waals surface area contributed by atoms with Crippen LogP contribution in [0.1, 0.15) is 72.8 Å². The molecule has 5 nitrogen and oxygen atoms in total. The van der Waals surface area contributed by atoms with Gasteiger partial charge in [-0.1, -0.05) is 37.1 Å². The number of hydrogen-bond donors (Lipinski definition) is 2. The van der Waals surface area contributed by atoms with Crippen molar-refractivity contribution in [3.63, 3.8) is 0 Å². The quantitative estimate of drug-likeness (QED) is 0.809. The Hall–Kier alpha value is -2.14. The second-order valence-electron chi connectivity index (χ2n) is 6.21. The minimum Gasteiger partial charge on any atom is -0.360 e. The zero-order valence-corrected chi connectivity index (χ0v) is 13.4. The van der Waals surface area contributed by atoms with Gasteiger partial charge in [-0.05, 0) is 37.0 Å². The highest BCUT2D eigenvalue weighted by Crippen LogP contribution is 2.40. The maximum Gasteiger partial charge on any atom is 0.277 e. The maximum atomic E-state index is 12.2. The highest BCUT2D eigenvalue weighted by molar-refractivity contribution is 6.02. The van der Waals surface area contributed by atoms with E-state index in [4.69, 9.17) is 10.3 Å². The fourth-order valence-corrected chi connectivity index (χ4v) is 2.56. The van der Waals surface area contributed by atoms with Crippen LogP contribution in [0.4, 0.5) is 5.69 Å². The van der Waals surface area contributed by atoms with Gasteiger partial charge in [0, 0.05) is 23.7 Å². The molecule has 1 aliphatic rings. The van der Waals surface area contributed by atoms with Crippen LogP contribution in [-0.4, -0.2) is 11.1 Å². The van der Waals surface area contributed by atoms with Gasteiger partial charge in [0.1, 0.15) is 5.76 Å². The molecule has 1 amide bonds. The van der Waals surface area contributed by atoms with Crippen molar-refractivity contribution in [1.82, 2.24) is 5.16 Å². The average molecular weight is 313 g/mol. The molecule has 1 aromatic carbocycles. The van der Waals surface area contributed by atoms with Crippen LogP contribution in [0.5, 0.6) is 0 Å². The molecule has 3 rings (SSSR count). The number of anilines is 1. The Kier molecular flexibility index (Phi) is 4.76. The number of carbonyl (C=O) groups is 1. The Morgan fingerprint density at radius 2 is 2.13 bits per heavy atom. The molecule has 0 saturated heterocycles. The minimum absolute atomic E-state index is 0.0522. The van der Waals surface area contributed by atoms with E-state index in [1.165, 1.54) is 0 Å². The van der Waals surface area contributed by atoms with E-state index >= 15 is 0 Å². The molecular formula is C18H23N3O2. The van der Waals surface area contributed by atoms with Crippen molar-refractivity contribution in [2.45, 2.75) is 51.0 Å². The number of carbonyl (C=O) groups excluding carboxylic acids is 1. The van der Waals surface area contributed by atoms with Crippen LogP contribution in [0.3, 0.4) is 0 Å². The maximum absolute atomic E-state index is 12.2. The van der Waals surface area contributed by atoms with Crippen molar-refractivity contribution < 1.29 is 9.32 Å². The van der Waals surface area contributed by atoms with Gasteiger partial charge in [-0.3, -0.25) is 4.79 Å². The third-order valence-electron chi connectivity index (χ3n) is 4.21. The van der Waals surface area contributed by atoms with Crippen molar-refractivity contribution in [3.05, 3.63) is 47.3 Å². The molecule has 5 heteroatoms. The molecule has 23 heavy (non-hydrogen) atoms. The summed E-state index contributed by atoms with van der Waals surface area (Å²) in [5, 5.41) is 6.68. The number of unbranched alkanes of at least 4 members (excludes halogenated alkanes) is 1. The lowest BCUT2D eigenvalue weighted by molar-refractivity contribution is 0.101. The summed E-state index contributed by atoms with van der Waals surface area (Å²) in [5.41, 5.74) is 8.31. The highest BCUT2D eigenvalue weighted by Gasteiger charge is 2.28. The molecule has 1 saturated carbocycles. The summed E-state index contributed by atoms with van der Waals surface area (Å²) in [6.07, 6.45) is 5.48. The monoisotopic (exact) mass is 313 g/mol. The fraction of sp³-hybridized carbons (Fsp3) is 0.444. The van der Waals surface area contributed by atoms with Crippen LogP contribution in [-0.2, 0) is 0 Å². The number of nitrogens with two attached hydrogens (primary N) is 1. The van der Waals surface area contributed by atoms with Crippen LogP contribution in [0.15, 0.2) is 34.9 Å². The summed E-state index contributed by atoms with van der Waals surface area (Å²) >= 11 is 0. The third-order valence-corrected chi connectivity index (χ3v) is 4.21. The first-order valence-corrected chi connectivity index (χ1v) is 8.31. The van der Waals surface area contributed by atoms with E-state index in [-0.39, 0.29) is 11.9 Å². The van der Waals surface area contributed by atoms with Crippen molar-refractivity contribution >= 4 is 11.6 Å². The summed E-state index contributed by atoms with van der Waals surface area (Å²) in [6.45, 7) is 2.16.